The van der Waals surface area contributed by atoms with Crippen LogP contribution in [0.2, 0.25) is 0 Å². The smallest absolute Gasteiger partial charge is 0.242 e. The molecular weight excluding hydrogens is 739 g/mol. The highest BCUT2D eigenvalue weighted by molar-refractivity contribution is 8.01. The van der Waals surface area contributed by atoms with E-state index in [1.807, 2.05) is 91.9 Å². The van der Waals surface area contributed by atoms with Gasteiger partial charge in [-0.1, -0.05) is 115 Å². The minimum atomic E-state index is -4.01. The van der Waals surface area contributed by atoms with Crippen LogP contribution in [0.3, 0.4) is 0 Å². The summed E-state index contributed by atoms with van der Waals surface area (Å²) in [6, 6.07) is 37.8. The standard InChI is InChI=1S/C42H41N3O6S3/c1-27-15-21-34(22-16-27)54(48,49)45-36(23-29-9-4-3-5-10-29)40(47)43-33-12-8-11-32(24-33)41-50-37(26-52-42-44-35-13-6-7-14-38(35)53-42)28(2)39(51-41)31-19-17-30(25-46)18-20-31/h3-22,24,28,36-37,39,41,45-46H,23,25-26H2,1-2H3,(H,43,47)/t28-,36+,37+,39+,41+/m0/s1. The number of fused-ring (bicyclic) bond motifs is 1. The van der Waals surface area contributed by atoms with E-state index in [4.69, 9.17) is 14.5 Å². The lowest BCUT2D eigenvalue weighted by Crippen LogP contribution is -2.45. The van der Waals surface area contributed by atoms with Gasteiger partial charge in [0.05, 0.1) is 33.9 Å². The quantitative estimate of drug-likeness (QED) is 0.100. The molecule has 1 aliphatic rings. The highest BCUT2D eigenvalue weighted by Crippen LogP contribution is 2.44. The number of nitrogens with one attached hydrogen (secondary N) is 2. The van der Waals surface area contributed by atoms with E-state index < -0.39 is 28.3 Å². The van der Waals surface area contributed by atoms with E-state index in [9.17, 15) is 18.3 Å². The number of aliphatic hydroxyl groups excluding tert-OH is 1. The van der Waals surface area contributed by atoms with Crippen LogP contribution in [0.15, 0.2) is 137 Å². The fraction of sp³-hybridized carbons (Fsp3) is 0.238. The minimum absolute atomic E-state index is 0.0220. The molecule has 5 atom stereocenters. The van der Waals surface area contributed by atoms with Crippen molar-refractivity contribution < 1.29 is 27.8 Å². The third-order valence-electron chi connectivity index (χ3n) is 9.42. The molecule has 1 amide bonds. The van der Waals surface area contributed by atoms with Crippen LogP contribution in [0.1, 0.15) is 47.1 Å². The lowest BCUT2D eigenvalue weighted by Gasteiger charge is -2.41. The number of aryl methyl sites for hydroxylation is 1. The number of rotatable bonds is 13. The van der Waals surface area contributed by atoms with E-state index in [1.165, 1.54) is 12.1 Å². The molecule has 0 saturated carbocycles. The summed E-state index contributed by atoms with van der Waals surface area (Å²) < 4.78 is 45.0. The summed E-state index contributed by atoms with van der Waals surface area (Å²) in [4.78, 5) is 18.8. The van der Waals surface area contributed by atoms with Gasteiger partial charge in [-0.3, -0.25) is 4.79 Å². The summed E-state index contributed by atoms with van der Waals surface area (Å²) in [6.07, 6.45) is -1.15. The summed E-state index contributed by atoms with van der Waals surface area (Å²) in [6.45, 7) is 3.95. The number of amides is 1. The molecule has 1 fully saturated rings. The second-order valence-corrected chi connectivity index (χ2v) is 17.4. The zero-order chi connectivity index (χ0) is 37.7. The van der Waals surface area contributed by atoms with E-state index in [0.717, 1.165) is 36.8 Å². The number of para-hydroxylation sites is 1. The van der Waals surface area contributed by atoms with Gasteiger partial charge in [0, 0.05) is 22.9 Å². The Morgan fingerprint density at radius 2 is 1.61 bits per heavy atom. The number of carbonyl (C=O) groups excluding carboxylic acids is 1. The molecule has 0 aliphatic carbocycles. The molecule has 0 spiro atoms. The van der Waals surface area contributed by atoms with Crippen molar-refractivity contribution in [2.75, 3.05) is 11.1 Å². The average Bonchev–Trinajstić information content (AvgIpc) is 3.61. The molecule has 0 bridgehead atoms. The van der Waals surface area contributed by atoms with Crippen molar-refractivity contribution in [1.29, 1.82) is 0 Å². The Hall–Kier alpha value is -4.40. The maximum atomic E-state index is 13.9. The van der Waals surface area contributed by atoms with Crippen molar-refractivity contribution in [2.45, 2.75) is 60.7 Å². The molecule has 1 aromatic heterocycles. The number of ether oxygens (including phenoxy) is 2. The Bertz CT molecular complexity index is 2270. The SMILES string of the molecule is Cc1ccc(S(=O)(=O)N[C@H](Cc2ccccc2)C(=O)Nc2cccc([C@@H]3O[C@H](CSc4nc5ccccc5s4)[C@H](C)[C@H](c4ccc(CO)cc4)O3)c2)cc1. The number of hydrogen-bond acceptors (Lipinski definition) is 9. The van der Waals surface area contributed by atoms with E-state index >= 15 is 0 Å². The van der Waals surface area contributed by atoms with Gasteiger partial charge in [-0.2, -0.15) is 4.72 Å². The summed E-state index contributed by atoms with van der Waals surface area (Å²) in [5.74, 6) is 0.120. The van der Waals surface area contributed by atoms with Crippen LogP contribution in [0.5, 0.6) is 0 Å². The molecule has 1 aliphatic heterocycles. The van der Waals surface area contributed by atoms with Crippen LogP contribution in [-0.2, 0) is 37.3 Å². The van der Waals surface area contributed by atoms with Crippen molar-refractivity contribution in [1.82, 2.24) is 9.71 Å². The second-order valence-electron chi connectivity index (χ2n) is 13.4. The van der Waals surface area contributed by atoms with Gasteiger partial charge in [0.1, 0.15) is 6.04 Å². The lowest BCUT2D eigenvalue weighted by molar-refractivity contribution is -0.268. The third-order valence-corrected chi connectivity index (χ3v) is 13.2. The molecule has 0 radical (unpaired) electrons. The van der Waals surface area contributed by atoms with Crippen LogP contribution in [0.4, 0.5) is 5.69 Å². The summed E-state index contributed by atoms with van der Waals surface area (Å²) in [7, 11) is -4.01. The van der Waals surface area contributed by atoms with E-state index in [0.29, 0.717) is 17.0 Å². The van der Waals surface area contributed by atoms with Gasteiger partial charge in [-0.05, 0) is 66.4 Å². The van der Waals surface area contributed by atoms with E-state index in [2.05, 4.69) is 23.0 Å². The number of carbonyl (C=O) groups is 1. The number of anilines is 1. The fourth-order valence-electron chi connectivity index (χ4n) is 6.38. The number of thiazole rings is 1. The Balaban J connectivity index is 1.12. The van der Waals surface area contributed by atoms with Crippen molar-refractivity contribution in [2.24, 2.45) is 5.92 Å². The molecule has 5 aromatic carbocycles. The third kappa shape index (κ3) is 9.10. The van der Waals surface area contributed by atoms with Crippen LogP contribution in [0.25, 0.3) is 10.2 Å². The molecule has 9 nitrogen and oxygen atoms in total. The van der Waals surface area contributed by atoms with Gasteiger partial charge in [0.2, 0.25) is 15.9 Å². The van der Waals surface area contributed by atoms with Gasteiger partial charge in [-0.25, -0.2) is 13.4 Å². The molecule has 278 valence electrons. The first-order valence-corrected chi connectivity index (χ1v) is 21.0. The minimum Gasteiger partial charge on any atom is -0.392 e. The van der Waals surface area contributed by atoms with Gasteiger partial charge in [0.15, 0.2) is 10.6 Å². The topological polar surface area (TPSA) is 127 Å². The Morgan fingerprint density at radius 1 is 0.870 bits per heavy atom. The molecule has 0 unspecified atom stereocenters. The Kier molecular flexibility index (Phi) is 11.9. The summed E-state index contributed by atoms with van der Waals surface area (Å²) in [5, 5.41) is 12.6. The van der Waals surface area contributed by atoms with Crippen molar-refractivity contribution in [3.8, 4) is 0 Å². The summed E-state index contributed by atoms with van der Waals surface area (Å²) in [5.41, 5.74) is 5.66. The maximum Gasteiger partial charge on any atom is 0.242 e. The van der Waals surface area contributed by atoms with Crippen molar-refractivity contribution in [3.05, 3.63) is 155 Å². The predicted octanol–water partition coefficient (Wildman–Crippen LogP) is 8.21. The lowest BCUT2D eigenvalue weighted by atomic mass is 9.91. The monoisotopic (exact) mass is 779 g/mol. The molecule has 12 heteroatoms. The molecule has 2 heterocycles. The van der Waals surface area contributed by atoms with Crippen LogP contribution in [0, 0.1) is 12.8 Å². The number of nitrogens with zero attached hydrogens (tertiary/aromatic N) is 1. The Morgan fingerprint density at radius 3 is 2.35 bits per heavy atom. The first-order chi connectivity index (χ1) is 26.1. The normalized spacial score (nSPS) is 19.4. The number of thioether (sulfide) groups is 1. The van der Waals surface area contributed by atoms with Gasteiger partial charge in [-0.15, -0.1) is 11.3 Å². The van der Waals surface area contributed by atoms with Gasteiger partial charge >= 0.3 is 0 Å². The first-order valence-electron chi connectivity index (χ1n) is 17.7. The zero-order valence-corrected chi connectivity index (χ0v) is 32.2. The van der Waals surface area contributed by atoms with Crippen molar-refractivity contribution in [3.63, 3.8) is 0 Å². The average molecular weight is 780 g/mol. The number of aromatic nitrogens is 1. The molecule has 7 rings (SSSR count). The summed E-state index contributed by atoms with van der Waals surface area (Å²) >= 11 is 3.31. The largest absolute Gasteiger partial charge is 0.392 e. The van der Waals surface area contributed by atoms with E-state index in [-0.39, 0.29) is 36.0 Å². The Labute approximate surface area is 323 Å². The van der Waals surface area contributed by atoms with Gasteiger partial charge in [0.25, 0.3) is 0 Å². The van der Waals surface area contributed by atoms with Crippen molar-refractivity contribution >= 4 is 54.9 Å². The predicted molar refractivity (Wildman–Crippen MR) is 214 cm³/mol. The number of hydrogen-bond donors (Lipinski definition) is 3. The van der Waals surface area contributed by atoms with Crippen LogP contribution >= 0.6 is 23.1 Å². The molecule has 1 saturated heterocycles. The number of benzene rings is 5. The molecule has 54 heavy (non-hydrogen) atoms. The number of sulfonamides is 1. The van der Waals surface area contributed by atoms with Gasteiger partial charge < -0.3 is 19.9 Å². The highest BCUT2D eigenvalue weighted by Gasteiger charge is 2.39. The number of aliphatic hydroxyl groups is 1. The molecule has 3 N–H and O–H groups in total. The molecule has 6 aromatic rings. The second kappa shape index (κ2) is 17.0. The molecular formula is C42H41N3O6S3. The highest BCUT2D eigenvalue weighted by atomic mass is 32.2. The maximum absolute atomic E-state index is 13.9. The fourth-order valence-corrected chi connectivity index (χ4v) is 9.83. The zero-order valence-electron chi connectivity index (χ0n) is 29.8. The van der Waals surface area contributed by atoms with Crippen LogP contribution in [-0.4, -0.2) is 42.3 Å². The van der Waals surface area contributed by atoms with E-state index in [1.54, 1.807) is 47.4 Å². The van der Waals surface area contributed by atoms with Crippen LogP contribution < -0.4 is 10.0 Å². The first kappa shape index (κ1) is 37.9.